The number of nitrogens with two attached hydrogens (primary N) is 1. The highest BCUT2D eigenvalue weighted by molar-refractivity contribution is 5.82. The van der Waals surface area contributed by atoms with Gasteiger partial charge in [-0.2, -0.15) is 0 Å². The zero-order valence-electron chi connectivity index (χ0n) is 10.3. The van der Waals surface area contributed by atoms with E-state index in [4.69, 9.17) is 5.73 Å². The van der Waals surface area contributed by atoms with Gasteiger partial charge in [0.1, 0.15) is 0 Å². The van der Waals surface area contributed by atoms with Crippen LogP contribution in [-0.4, -0.2) is 6.04 Å². The van der Waals surface area contributed by atoms with E-state index in [0.717, 1.165) is 18.3 Å². The summed E-state index contributed by atoms with van der Waals surface area (Å²) in [6.07, 6.45) is 2.33. The lowest BCUT2D eigenvalue weighted by molar-refractivity contribution is 0.560. The third-order valence-corrected chi connectivity index (χ3v) is 4.01. The lowest BCUT2D eigenvalue weighted by Crippen LogP contribution is -2.25. The molecule has 0 amide bonds. The average Bonchev–Trinajstić information content (AvgIpc) is 3.06. The van der Waals surface area contributed by atoms with Crippen molar-refractivity contribution in [2.75, 3.05) is 0 Å². The van der Waals surface area contributed by atoms with E-state index >= 15 is 0 Å². The van der Waals surface area contributed by atoms with Crippen LogP contribution < -0.4 is 5.73 Å². The van der Waals surface area contributed by atoms with E-state index in [1.54, 1.807) is 0 Å². The molecule has 0 aromatic heterocycles. The van der Waals surface area contributed by atoms with Gasteiger partial charge in [0, 0.05) is 6.04 Å². The Bertz CT molecular complexity index is 532. The molecule has 2 N–H and O–H groups in total. The summed E-state index contributed by atoms with van der Waals surface area (Å²) in [5.74, 6) is 1.59. The standard InChI is InChI=1S/C16H19N/c1-11-8-15(11)16(17)10-12-6-7-13-4-2-3-5-14(13)9-12/h2-7,9,11,15-16H,8,10,17H2,1H3. The molecule has 1 heteroatoms. The van der Waals surface area contributed by atoms with E-state index in [9.17, 15) is 0 Å². The van der Waals surface area contributed by atoms with Crippen molar-refractivity contribution >= 4 is 10.8 Å². The van der Waals surface area contributed by atoms with E-state index in [1.807, 2.05) is 0 Å². The molecule has 1 aliphatic rings. The monoisotopic (exact) mass is 225 g/mol. The summed E-state index contributed by atoms with van der Waals surface area (Å²) in [7, 11) is 0. The second-order valence-electron chi connectivity index (χ2n) is 5.43. The maximum Gasteiger partial charge on any atom is 0.0110 e. The van der Waals surface area contributed by atoms with Gasteiger partial charge in [-0.25, -0.2) is 0 Å². The third kappa shape index (κ3) is 2.20. The van der Waals surface area contributed by atoms with Crippen LogP contribution in [-0.2, 0) is 6.42 Å². The molecule has 88 valence electrons. The molecule has 0 aliphatic heterocycles. The van der Waals surface area contributed by atoms with Gasteiger partial charge in [0.2, 0.25) is 0 Å². The first kappa shape index (κ1) is 10.8. The fourth-order valence-corrected chi connectivity index (χ4v) is 2.74. The Balaban J connectivity index is 1.81. The topological polar surface area (TPSA) is 26.0 Å². The highest BCUT2D eigenvalue weighted by Crippen LogP contribution is 2.40. The lowest BCUT2D eigenvalue weighted by Gasteiger charge is -2.11. The maximum atomic E-state index is 6.25. The van der Waals surface area contributed by atoms with Gasteiger partial charge in [-0.05, 0) is 41.0 Å². The molecular formula is C16H19N. The van der Waals surface area contributed by atoms with Gasteiger partial charge in [0.05, 0.1) is 0 Å². The summed E-state index contributed by atoms with van der Waals surface area (Å²) in [6, 6.07) is 15.5. The van der Waals surface area contributed by atoms with Crippen molar-refractivity contribution in [3.05, 3.63) is 48.0 Å². The largest absolute Gasteiger partial charge is 0.327 e. The van der Waals surface area contributed by atoms with Crippen molar-refractivity contribution in [2.24, 2.45) is 17.6 Å². The molecule has 1 nitrogen and oxygen atoms in total. The van der Waals surface area contributed by atoms with Crippen LogP contribution in [0.5, 0.6) is 0 Å². The molecule has 3 rings (SSSR count). The fourth-order valence-electron chi connectivity index (χ4n) is 2.74. The predicted molar refractivity (Wildman–Crippen MR) is 72.9 cm³/mol. The predicted octanol–water partition coefficient (Wildman–Crippen LogP) is 3.37. The molecule has 3 unspecified atom stereocenters. The van der Waals surface area contributed by atoms with E-state index < -0.39 is 0 Å². The minimum atomic E-state index is 0.339. The number of fused-ring (bicyclic) bond motifs is 1. The van der Waals surface area contributed by atoms with Crippen molar-refractivity contribution in [3.63, 3.8) is 0 Å². The van der Waals surface area contributed by atoms with Crippen molar-refractivity contribution in [1.29, 1.82) is 0 Å². The van der Waals surface area contributed by atoms with Gasteiger partial charge in [0.15, 0.2) is 0 Å². The Morgan fingerprint density at radius 1 is 1.18 bits per heavy atom. The number of benzene rings is 2. The van der Waals surface area contributed by atoms with Crippen molar-refractivity contribution in [1.82, 2.24) is 0 Å². The quantitative estimate of drug-likeness (QED) is 0.851. The van der Waals surface area contributed by atoms with E-state index in [0.29, 0.717) is 6.04 Å². The summed E-state index contributed by atoms with van der Waals surface area (Å²) in [5, 5.41) is 2.63. The molecule has 17 heavy (non-hydrogen) atoms. The molecule has 0 radical (unpaired) electrons. The Morgan fingerprint density at radius 2 is 1.88 bits per heavy atom. The molecule has 2 aromatic rings. The van der Waals surface area contributed by atoms with Crippen molar-refractivity contribution in [2.45, 2.75) is 25.8 Å². The number of hydrogen-bond donors (Lipinski definition) is 1. The van der Waals surface area contributed by atoms with Gasteiger partial charge in [-0.3, -0.25) is 0 Å². The molecule has 0 spiro atoms. The van der Waals surface area contributed by atoms with Gasteiger partial charge < -0.3 is 5.73 Å². The number of rotatable bonds is 3. The van der Waals surface area contributed by atoms with Crippen LogP contribution in [0.3, 0.4) is 0 Å². The maximum absolute atomic E-state index is 6.25. The fraction of sp³-hybridized carbons (Fsp3) is 0.375. The van der Waals surface area contributed by atoms with Gasteiger partial charge in [-0.15, -0.1) is 0 Å². The SMILES string of the molecule is CC1CC1C(N)Cc1ccc2ccccc2c1. The Kier molecular flexibility index (Phi) is 2.64. The first-order valence-corrected chi connectivity index (χ1v) is 6.47. The molecular weight excluding hydrogens is 206 g/mol. The molecule has 1 saturated carbocycles. The summed E-state index contributed by atoms with van der Waals surface area (Å²) >= 11 is 0. The van der Waals surface area contributed by atoms with Crippen LogP contribution in [0.25, 0.3) is 10.8 Å². The van der Waals surface area contributed by atoms with Crippen LogP contribution in [0.15, 0.2) is 42.5 Å². The smallest absolute Gasteiger partial charge is 0.0110 e. The Labute approximate surface area is 103 Å². The minimum Gasteiger partial charge on any atom is -0.327 e. The second kappa shape index (κ2) is 4.15. The molecule has 1 fully saturated rings. The molecule has 0 heterocycles. The van der Waals surface area contributed by atoms with E-state index in [2.05, 4.69) is 49.4 Å². The van der Waals surface area contributed by atoms with E-state index in [1.165, 1.54) is 22.8 Å². The van der Waals surface area contributed by atoms with Crippen molar-refractivity contribution < 1.29 is 0 Å². The lowest BCUT2D eigenvalue weighted by atomic mass is 9.99. The molecule has 0 bridgehead atoms. The summed E-state index contributed by atoms with van der Waals surface area (Å²) < 4.78 is 0. The zero-order chi connectivity index (χ0) is 11.8. The van der Waals surface area contributed by atoms with Crippen LogP contribution in [0.4, 0.5) is 0 Å². The van der Waals surface area contributed by atoms with Crippen LogP contribution in [0.1, 0.15) is 18.9 Å². The Morgan fingerprint density at radius 3 is 2.59 bits per heavy atom. The zero-order valence-corrected chi connectivity index (χ0v) is 10.3. The van der Waals surface area contributed by atoms with Crippen LogP contribution in [0, 0.1) is 11.8 Å². The van der Waals surface area contributed by atoms with Crippen molar-refractivity contribution in [3.8, 4) is 0 Å². The van der Waals surface area contributed by atoms with Gasteiger partial charge in [-0.1, -0.05) is 49.4 Å². The number of hydrogen-bond acceptors (Lipinski definition) is 1. The van der Waals surface area contributed by atoms with E-state index in [-0.39, 0.29) is 0 Å². The second-order valence-corrected chi connectivity index (χ2v) is 5.43. The summed E-state index contributed by atoms with van der Waals surface area (Å²) in [6.45, 7) is 2.30. The van der Waals surface area contributed by atoms with Gasteiger partial charge in [0.25, 0.3) is 0 Å². The first-order chi connectivity index (χ1) is 8.24. The highest BCUT2D eigenvalue weighted by atomic mass is 14.7. The van der Waals surface area contributed by atoms with Crippen LogP contribution >= 0.6 is 0 Å². The van der Waals surface area contributed by atoms with Gasteiger partial charge >= 0.3 is 0 Å². The highest BCUT2D eigenvalue weighted by Gasteiger charge is 2.37. The molecule has 2 aromatic carbocycles. The first-order valence-electron chi connectivity index (χ1n) is 6.47. The Hall–Kier alpha value is -1.34. The normalized spacial score (nSPS) is 24.8. The molecule has 0 saturated heterocycles. The third-order valence-electron chi connectivity index (χ3n) is 4.01. The van der Waals surface area contributed by atoms with Crippen LogP contribution in [0.2, 0.25) is 0 Å². The molecule has 3 atom stereocenters. The summed E-state index contributed by atoms with van der Waals surface area (Å²) in [5.41, 5.74) is 7.62. The average molecular weight is 225 g/mol. The minimum absolute atomic E-state index is 0.339. The molecule has 1 aliphatic carbocycles. The summed E-state index contributed by atoms with van der Waals surface area (Å²) in [4.78, 5) is 0.